The molecule has 0 spiro atoms. The predicted molar refractivity (Wildman–Crippen MR) is 150 cm³/mol. The largest absolute Gasteiger partial charge is 0.508 e. The molecule has 0 aromatic heterocycles. The molecule has 3 N–H and O–H groups in total. The number of carbonyl (C=O) groups excluding carboxylic acids is 3. The normalized spacial score (nSPS) is 13.1. The van der Waals surface area contributed by atoms with Crippen LogP contribution in [0.4, 0.5) is 10.5 Å². The third-order valence-corrected chi connectivity index (χ3v) is 6.05. The number of phenols is 1. The van der Waals surface area contributed by atoms with Crippen molar-refractivity contribution in [1.29, 1.82) is 0 Å². The van der Waals surface area contributed by atoms with Crippen molar-refractivity contribution in [3.8, 4) is 5.75 Å². The van der Waals surface area contributed by atoms with Crippen LogP contribution in [0, 0.1) is 12.8 Å². The van der Waals surface area contributed by atoms with Gasteiger partial charge < -0.3 is 25.4 Å². The van der Waals surface area contributed by atoms with Crippen LogP contribution in [0.2, 0.25) is 5.02 Å². The number of aryl methyl sites for hydroxylation is 1. The van der Waals surface area contributed by atoms with Crippen LogP contribution in [0.25, 0.3) is 0 Å². The first-order chi connectivity index (χ1) is 17.6. The number of rotatable bonds is 9. The molecule has 0 radical (unpaired) electrons. The molecule has 8 nitrogen and oxygen atoms in total. The van der Waals surface area contributed by atoms with Crippen molar-refractivity contribution >= 4 is 35.2 Å². The molecular weight excluding hydrogens is 506 g/mol. The molecule has 208 valence electrons. The first-order valence-electron chi connectivity index (χ1n) is 12.8. The summed E-state index contributed by atoms with van der Waals surface area (Å²) in [6, 6.07) is 8.98. The van der Waals surface area contributed by atoms with Crippen molar-refractivity contribution in [3.05, 3.63) is 58.6 Å². The highest BCUT2D eigenvalue weighted by Crippen LogP contribution is 2.34. The summed E-state index contributed by atoms with van der Waals surface area (Å²) in [6.45, 7) is 14.4. The van der Waals surface area contributed by atoms with Crippen LogP contribution in [0.5, 0.6) is 5.75 Å². The first-order valence-corrected chi connectivity index (χ1v) is 13.2. The molecule has 3 amide bonds. The number of anilines is 1. The smallest absolute Gasteiger partial charge is 0.408 e. The number of nitrogens with zero attached hydrogens (tertiary/aromatic N) is 1. The summed E-state index contributed by atoms with van der Waals surface area (Å²) in [7, 11) is 0. The molecule has 0 bridgehead atoms. The Balaban J connectivity index is 2.57. The van der Waals surface area contributed by atoms with Gasteiger partial charge in [-0.1, -0.05) is 55.8 Å². The average molecular weight is 546 g/mol. The van der Waals surface area contributed by atoms with Crippen molar-refractivity contribution in [2.24, 2.45) is 5.92 Å². The standard InChI is InChI=1S/C29H40ClN3O5/c1-17(2)16-22(31-28(37)38-29(6,7)8)27(36)33(18(3)4)25(20-13-9-10-15-23(20)34)26(35)32-24-19(5)12-11-14-21(24)30/h9-15,17-18,22,25,34H,16H2,1-8H3,(H,31,37)(H,32,35). The van der Waals surface area contributed by atoms with Gasteiger partial charge in [-0.2, -0.15) is 0 Å². The van der Waals surface area contributed by atoms with E-state index in [1.807, 2.05) is 26.8 Å². The number of benzene rings is 2. The van der Waals surface area contributed by atoms with Crippen molar-refractivity contribution in [1.82, 2.24) is 10.2 Å². The van der Waals surface area contributed by atoms with Crippen LogP contribution in [-0.2, 0) is 14.3 Å². The molecular formula is C29H40ClN3O5. The lowest BCUT2D eigenvalue weighted by molar-refractivity contribution is -0.143. The van der Waals surface area contributed by atoms with E-state index in [-0.39, 0.29) is 17.2 Å². The third kappa shape index (κ3) is 8.38. The zero-order valence-electron chi connectivity index (χ0n) is 23.5. The van der Waals surface area contributed by atoms with E-state index in [4.69, 9.17) is 16.3 Å². The fraction of sp³-hybridized carbons (Fsp3) is 0.483. The predicted octanol–water partition coefficient (Wildman–Crippen LogP) is 6.21. The molecule has 2 aromatic carbocycles. The monoisotopic (exact) mass is 545 g/mol. The van der Waals surface area contributed by atoms with Crippen LogP contribution < -0.4 is 10.6 Å². The number of hydrogen-bond donors (Lipinski definition) is 3. The SMILES string of the molecule is Cc1cccc(Cl)c1NC(=O)C(c1ccccc1O)N(C(=O)C(CC(C)C)NC(=O)OC(C)(C)C)C(C)C. The van der Waals surface area contributed by atoms with E-state index in [1.54, 1.807) is 65.0 Å². The second kappa shape index (κ2) is 13.0. The van der Waals surface area contributed by atoms with E-state index in [2.05, 4.69) is 10.6 Å². The number of amides is 3. The second-order valence-corrected chi connectivity index (χ2v) is 11.5. The number of alkyl carbamates (subject to hydrolysis) is 1. The highest BCUT2D eigenvalue weighted by atomic mass is 35.5. The zero-order chi connectivity index (χ0) is 28.8. The molecule has 0 saturated heterocycles. The van der Waals surface area contributed by atoms with Gasteiger partial charge in [0.15, 0.2) is 0 Å². The molecule has 9 heteroatoms. The molecule has 2 atom stereocenters. The van der Waals surface area contributed by atoms with Gasteiger partial charge in [-0.15, -0.1) is 0 Å². The Morgan fingerprint density at radius 1 is 1.03 bits per heavy atom. The van der Waals surface area contributed by atoms with Crippen LogP contribution in [-0.4, -0.2) is 45.6 Å². The van der Waals surface area contributed by atoms with Crippen molar-refractivity contribution in [2.75, 3.05) is 5.32 Å². The Morgan fingerprint density at radius 2 is 1.66 bits per heavy atom. The van der Waals surface area contributed by atoms with Crippen molar-refractivity contribution in [2.45, 2.75) is 85.5 Å². The summed E-state index contributed by atoms with van der Waals surface area (Å²) in [5, 5.41) is 16.6. The van der Waals surface area contributed by atoms with Crippen LogP contribution in [0.3, 0.4) is 0 Å². The Labute approximate surface area is 230 Å². The molecule has 0 aliphatic heterocycles. The number of para-hydroxylation sites is 2. The maximum atomic E-state index is 14.1. The Morgan fingerprint density at radius 3 is 2.18 bits per heavy atom. The Bertz CT molecular complexity index is 1120. The summed E-state index contributed by atoms with van der Waals surface area (Å²) in [6.07, 6.45) is -0.407. The Hall–Kier alpha value is -3.26. The fourth-order valence-corrected chi connectivity index (χ4v) is 4.39. The van der Waals surface area contributed by atoms with Gasteiger partial charge in [0.25, 0.3) is 5.91 Å². The van der Waals surface area contributed by atoms with Crippen LogP contribution >= 0.6 is 11.6 Å². The van der Waals surface area contributed by atoms with Gasteiger partial charge in [0.1, 0.15) is 23.4 Å². The lowest BCUT2D eigenvalue weighted by Crippen LogP contribution is -2.54. The van der Waals surface area contributed by atoms with Gasteiger partial charge in [0.05, 0.1) is 10.7 Å². The van der Waals surface area contributed by atoms with Crippen LogP contribution in [0.1, 0.15) is 72.1 Å². The highest BCUT2D eigenvalue weighted by Gasteiger charge is 2.39. The number of ether oxygens (including phenoxy) is 1. The van der Waals surface area contributed by atoms with Gasteiger partial charge in [0.2, 0.25) is 5.91 Å². The topological polar surface area (TPSA) is 108 Å². The van der Waals surface area contributed by atoms with Gasteiger partial charge in [-0.05, 0) is 71.6 Å². The lowest BCUT2D eigenvalue weighted by Gasteiger charge is -2.37. The maximum absolute atomic E-state index is 14.1. The quantitative estimate of drug-likeness (QED) is 0.347. The minimum absolute atomic E-state index is 0.0519. The van der Waals surface area contributed by atoms with Gasteiger partial charge in [-0.25, -0.2) is 4.79 Å². The number of aromatic hydroxyl groups is 1. The number of nitrogens with one attached hydrogen (secondary N) is 2. The van der Waals surface area contributed by atoms with E-state index in [0.29, 0.717) is 17.1 Å². The van der Waals surface area contributed by atoms with Gasteiger partial charge in [0, 0.05) is 11.6 Å². The molecule has 0 heterocycles. The molecule has 2 rings (SSSR count). The average Bonchev–Trinajstić information content (AvgIpc) is 2.77. The van der Waals surface area contributed by atoms with Crippen molar-refractivity contribution < 1.29 is 24.2 Å². The molecule has 38 heavy (non-hydrogen) atoms. The van der Waals surface area contributed by atoms with Gasteiger partial charge >= 0.3 is 6.09 Å². The zero-order valence-corrected chi connectivity index (χ0v) is 24.2. The summed E-state index contributed by atoms with van der Waals surface area (Å²) >= 11 is 6.37. The minimum atomic E-state index is -1.21. The van der Waals surface area contributed by atoms with E-state index < -0.39 is 41.6 Å². The Kier molecular flexibility index (Phi) is 10.6. The molecule has 0 saturated carbocycles. The van der Waals surface area contributed by atoms with E-state index >= 15 is 0 Å². The molecule has 0 fully saturated rings. The summed E-state index contributed by atoms with van der Waals surface area (Å²) in [5.41, 5.74) is 0.658. The third-order valence-electron chi connectivity index (χ3n) is 5.73. The molecule has 0 aliphatic rings. The van der Waals surface area contributed by atoms with Gasteiger partial charge in [-0.3, -0.25) is 9.59 Å². The van der Waals surface area contributed by atoms with Crippen molar-refractivity contribution in [3.63, 3.8) is 0 Å². The summed E-state index contributed by atoms with van der Waals surface area (Å²) in [4.78, 5) is 42.0. The van der Waals surface area contributed by atoms with E-state index in [9.17, 15) is 19.5 Å². The lowest BCUT2D eigenvalue weighted by atomic mass is 9.97. The highest BCUT2D eigenvalue weighted by molar-refractivity contribution is 6.34. The van der Waals surface area contributed by atoms with E-state index in [0.717, 1.165) is 5.56 Å². The number of halogens is 1. The summed E-state index contributed by atoms with van der Waals surface area (Å²) < 4.78 is 5.40. The maximum Gasteiger partial charge on any atom is 0.408 e. The molecule has 2 aromatic rings. The summed E-state index contributed by atoms with van der Waals surface area (Å²) in [5.74, 6) is -1.11. The van der Waals surface area contributed by atoms with Crippen LogP contribution in [0.15, 0.2) is 42.5 Å². The number of carbonyl (C=O) groups is 3. The van der Waals surface area contributed by atoms with E-state index in [1.165, 1.54) is 11.0 Å². The first kappa shape index (κ1) is 31.0. The minimum Gasteiger partial charge on any atom is -0.508 e. The number of hydrogen-bond acceptors (Lipinski definition) is 5. The fourth-order valence-electron chi connectivity index (χ4n) is 4.12. The number of phenolic OH excluding ortho intramolecular Hbond substituents is 1. The second-order valence-electron chi connectivity index (χ2n) is 11.0. The molecule has 2 unspecified atom stereocenters. The molecule has 0 aliphatic carbocycles.